The first kappa shape index (κ1) is 15.3. The van der Waals surface area contributed by atoms with Gasteiger partial charge in [0.2, 0.25) is 5.91 Å². The minimum absolute atomic E-state index is 0.323. The molecule has 0 saturated heterocycles. The maximum absolute atomic E-state index is 12.4. The van der Waals surface area contributed by atoms with Gasteiger partial charge >= 0.3 is 6.18 Å². The van der Waals surface area contributed by atoms with Crippen molar-refractivity contribution >= 4 is 11.6 Å². The van der Waals surface area contributed by atoms with Crippen LogP contribution in [0.2, 0.25) is 0 Å². The van der Waals surface area contributed by atoms with Crippen LogP contribution in [0.4, 0.5) is 18.9 Å². The SMILES string of the molecule is COc1ccc(NC(=O)C[C@@](C)(O)C(F)(F)F)cc1. The average molecular weight is 277 g/mol. The number of hydrogen-bond donors (Lipinski definition) is 2. The highest BCUT2D eigenvalue weighted by molar-refractivity contribution is 5.91. The maximum Gasteiger partial charge on any atom is 0.417 e. The second-order valence-electron chi connectivity index (χ2n) is 4.23. The fraction of sp³-hybridized carbons (Fsp3) is 0.417. The number of carbonyl (C=O) groups is 1. The number of aliphatic hydroxyl groups is 1. The third kappa shape index (κ3) is 4.13. The molecule has 1 amide bonds. The Hall–Kier alpha value is -1.76. The quantitative estimate of drug-likeness (QED) is 0.888. The van der Waals surface area contributed by atoms with Gasteiger partial charge in [0.05, 0.1) is 13.5 Å². The third-order valence-electron chi connectivity index (χ3n) is 2.49. The standard InChI is InChI=1S/C12H14F3NO3/c1-11(18,12(13,14)15)7-10(17)16-8-3-5-9(19-2)6-4-8/h3-6,18H,7H2,1-2H3,(H,16,17)/t11-/m1/s1. The zero-order chi connectivity index (χ0) is 14.7. The molecule has 0 unspecified atom stereocenters. The number of alkyl halides is 3. The van der Waals surface area contributed by atoms with Gasteiger partial charge in [-0.25, -0.2) is 0 Å². The summed E-state index contributed by atoms with van der Waals surface area (Å²) in [6, 6.07) is 6.08. The van der Waals surface area contributed by atoms with Gasteiger partial charge in [-0.1, -0.05) is 0 Å². The van der Waals surface area contributed by atoms with Crippen molar-refractivity contribution < 1.29 is 27.8 Å². The van der Waals surface area contributed by atoms with Gasteiger partial charge in [0, 0.05) is 5.69 Å². The smallest absolute Gasteiger partial charge is 0.417 e. The van der Waals surface area contributed by atoms with E-state index in [-0.39, 0.29) is 0 Å². The molecule has 1 atom stereocenters. The zero-order valence-electron chi connectivity index (χ0n) is 10.4. The minimum atomic E-state index is -4.86. The molecule has 0 aromatic heterocycles. The summed E-state index contributed by atoms with van der Waals surface area (Å²) in [4.78, 5) is 11.4. The molecule has 4 nitrogen and oxygen atoms in total. The molecule has 0 bridgehead atoms. The van der Waals surface area contributed by atoms with Gasteiger partial charge < -0.3 is 15.2 Å². The number of nitrogens with one attached hydrogen (secondary N) is 1. The fourth-order valence-corrected chi connectivity index (χ4v) is 1.29. The fourth-order valence-electron chi connectivity index (χ4n) is 1.29. The first-order valence-electron chi connectivity index (χ1n) is 5.39. The number of rotatable bonds is 4. The van der Waals surface area contributed by atoms with Crippen LogP contribution in [0.5, 0.6) is 5.75 Å². The molecule has 0 aliphatic carbocycles. The minimum Gasteiger partial charge on any atom is -0.497 e. The summed E-state index contributed by atoms with van der Waals surface area (Å²) in [5.74, 6) is -0.368. The van der Waals surface area contributed by atoms with Gasteiger partial charge in [-0.2, -0.15) is 13.2 Å². The van der Waals surface area contributed by atoms with E-state index in [1.54, 1.807) is 12.1 Å². The van der Waals surface area contributed by atoms with Gasteiger partial charge in [0.1, 0.15) is 5.75 Å². The van der Waals surface area contributed by atoms with Crippen LogP contribution in [0.3, 0.4) is 0 Å². The molecule has 0 saturated carbocycles. The highest BCUT2D eigenvalue weighted by Gasteiger charge is 2.50. The second-order valence-corrected chi connectivity index (χ2v) is 4.23. The number of ether oxygens (including phenoxy) is 1. The van der Waals surface area contributed by atoms with Crippen LogP contribution in [0.25, 0.3) is 0 Å². The van der Waals surface area contributed by atoms with Crippen LogP contribution in [0.15, 0.2) is 24.3 Å². The Kier molecular flexibility index (Phi) is 4.41. The van der Waals surface area contributed by atoms with E-state index in [2.05, 4.69) is 5.32 Å². The van der Waals surface area contributed by atoms with E-state index in [0.29, 0.717) is 18.4 Å². The largest absolute Gasteiger partial charge is 0.497 e. The van der Waals surface area contributed by atoms with E-state index >= 15 is 0 Å². The zero-order valence-corrected chi connectivity index (χ0v) is 10.4. The van der Waals surface area contributed by atoms with Crippen LogP contribution in [-0.2, 0) is 4.79 Å². The number of benzene rings is 1. The Morgan fingerprint density at radius 2 is 1.84 bits per heavy atom. The molecule has 0 radical (unpaired) electrons. The van der Waals surface area contributed by atoms with Crippen molar-refractivity contribution in [3.05, 3.63) is 24.3 Å². The first-order valence-corrected chi connectivity index (χ1v) is 5.39. The lowest BCUT2D eigenvalue weighted by atomic mass is 10.0. The molecule has 1 rings (SSSR count). The molecule has 1 aromatic carbocycles. The van der Waals surface area contributed by atoms with Crippen molar-refractivity contribution in [1.82, 2.24) is 0 Å². The van der Waals surface area contributed by atoms with E-state index in [1.807, 2.05) is 0 Å². The van der Waals surface area contributed by atoms with Crippen molar-refractivity contribution in [2.75, 3.05) is 12.4 Å². The lowest BCUT2D eigenvalue weighted by molar-refractivity contribution is -0.252. The molecule has 0 heterocycles. The lowest BCUT2D eigenvalue weighted by Crippen LogP contribution is -2.44. The van der Waals surface area contributed by atoms with Crippen LogP contribution < -0.4 is 10.1 Å². The first-order chi connectivity index (χ1) is 8.65. The summed E-state index contributed by atoms with van der Waals surface area (Å²) in [6.07, 6.45) is -5.92. The van der Waals surface area contributed by atoms with Gasteiger partial charge in [0.15, 0.2) is 5.60 Å². The van der Waals surface area contributed by atoms with Crippen LogP contribution in [0.1, 0.15) is 13.3 Å². The Labute approximate surface area is 108 Å². The molecule has 106 valence electrons. The molecular weight excluding hydrogens is 263 g/mol. The van der Waals surface area contributed by atoms with E-state index in [1.165, 1.54) is 19.2 Å². The molecular formula is C12H14F3NO3. The number of anilines is 1. The number of amides is 1. The molecule has 0 spiro atoms. The summed E-state index contributed by atoms with van der Waals surface area (Å²) >= 11 is 0. The summed E-state index contributed by atoms with van der Waals surface area (Å²) in [6.45, 7) is 0.556. The van der Waals surface area contributed by atoms with Gasteiger partial charge in [-0.3, -0.25) is 4.79 Å². The number of carbonyl (C=O) groups excluding carboxylic acids is 1. The predicted octanol–water partition coefficient (Wildman–Crippen LogP) is 2.34. The lowest BCUT2D eigenvalue weighted by Gasteiger charge is -2.25. The molecule has 0 fully saturated rings. The Balaban J connectivity index is 2.65. The van der Waals surface area contributed by atoms with Gasteiger partial charge in [-0.15, -0.1) is 0 Å². The van der Waals surface area contributed by atoms with E-state index in [9.17, 15) is 23.1 Å². The summed E-state index contributed by atoms with van der Waals surface area (Å²) in [7, 11) is 1.47. The topological polar surface area (TPSA) is 58.6 Å². The predicted molar refractivity (Wildman–Crippen MR) is 62.9 cm³/mol. The molecule has 0 aliphatic rings. The number of hydrogen-bond acceptors (Lipinski definition) is 3. The monoisotopic (exact) mass is 277 g/mol. The maximum atomic E-state index is 12.4. The second kappa shape index (κ2) is 5.48. The third-order valence-corrected chi connectivity index (χ3v) is 2.49. The highest BCUT2D eigenvalue weighted by atomic mass is 19.4. The van der Waals surface area contributed by atoms with Crippen LogP contribution in [-0.4, -0.2) is 29.9 Å². The number of methoxy groups -OCH3 is 1. The molecule has 19 heavy (non-hydrogen) atoms. The van der Waals surface area contributed by atoms with Crippen molar-refractivity contribution in [3.8, 4) is 5.75 Å². The molecule has 7 heteroatoms. The molecule has 0 aliphatic heterocycles. The summed E-state index contributed by atoms with van der Waals surface area (Å²) in [5.41, 5.74) is -2.73. The Morgan fingerprint density at radius 3 is 2.26 bits per heavy atom. The van der Waals surface area contributed by atoms with Gasteiger partial charge in [0.25, 0.3) is 0 Å². The van der Waals surface area contributed by atoms with Crippen molar-refractivity contribution in [3.63, 3.8) is 0 Å². The van der Waals surface area contributed by atoms with Crippen LogP contribution >= 0.6 is 0 Å². The Morgan fingerprint density at radius 1 is 1.32 bits per heavy atom. The average Bonchev–Trinajstić information content (AvgIpc) is 2.27. The van der Waals surface area contributed by atoms with Crippen molar-refractivity contribution in [2.45, 2.75) is 25.1 Å². The summed E-state index contributed by atoms with van der Waals surface area (Å²) < 4.78 is 42.1. The summed E-state index contributed by atoms with van der Waals surface area (Å²) in [5, 5.41) is 11.4. The van der Waals surface area contributed by atoms with Crippen LogP contribution in [0, 0.1) is 0 Å². The molecule has 2 N–H and O–H groups in total. The van der Waals surface area contributed by atoms with Gasteiger partial charge in [-0.05, 0) is 31.2 Å². The van der Waals surface area contributed by atoms with Crippen molar-refractivity contribution in [2.24, 2.45) is 0 Å². The number of halogens is 3. The Bertz CT molecular complexity index is 441. The van der Waals surface area contributed by atoms with E-state index in [0.717, 1.165) is 0 Å². The highest BCUT2D eigenvalue weighted by Crippen LogP contribution is 2.32. The van der Waals surface area contributed by atoms with Crippen molar-refractivity contribution in [1.29, 1.82) is 0 Å². The van der Waals surface area contributed by atoms with E-state index < -0.39 is 24.1 Å². The normalized spacial score (nSPS) is 14.6. The molecule has 1 aromatic rings. The van der Waals surface area contributed by atoms with E-state index in [4.69, 9.17) is 4.74 Å².